The van der Waals surface area contributed by atoms with Crippen LogP contribution in [0, 0.1) is 11.8 Å². The summed E-state index contributed by atoms with van der Waals surface area (Å²) in [6.07, 6.45) is 1.92. The number of rotatable bonds is 4. The first kappa shape index (κ1) is 20.8. The van der Waals surface area contributed by atoms with Crippen LogP contribution < -0.4 is 5.73 Å². The molecule has 2 aromatic rings. The van der Waals surface area contributed by atoms with Gasteiger partial charge in [0.1, 0.15) is 11.6 Å². The minimum Gasteiger partial charge on any atom is -0.383 e. The lowest BCUT2D eigenvalue weighted by Gasteiger charge is -2.37. The van der Waals surface area contributed by atoms with Crippen LogP contribution in [0.2, 0.25) is 0 Å². The maximum atomic E-state index is 13.2. The largest absolute Gasteiger partial charge is 0.419 e. The molecule has 2 saturated carbocycles. The van der Waals surface area contributed by atoms with Gasteiger partial charge in [-0.05, 0) is 37.8 Å². The zero-order valence-corrected chi connectivity index (χ0v) is 17.9. The summed E-state index contributed by atoms with van der Waals surface area (Å²) in [6.45, 7) is 6.60. The number of imidazole rings is 1. The quantitative estimate of drug-likeness (QED) is 0.800. The smallest absolute Gasteiger partial charge is 0.383 e. The molecule has 168 valence electrons. The minimum absolute atomic E-state index is 0.357. The molecule has 2 N–H and O–H groups in total. The van der Waals surface area contributed by atoms with Gasteiger partial charge >= 0.3 is 6.18 Å². The van der Waals surface area contributed by atoms with E-state index in [1.807, 2.05) is 13.1 Å². The highest BCUT2D eigenvalue weighted by molar-refractivity contribution is 5.62. The van der Waals surface area contributed by atoms with Crippen LogP contribution in [-0.4, -0.2) is 63.6 Å². The highest BCUT2D eigenvalue weighted by Gasteiger charge is 2.58. The van der Waals surface area contributed by atoms with E-state index >= 15 is 0 Å². The number of halogens is 3. The summed E-state index contributed by atoms with van der Waals surface area (Å²) in [5.41, 5.74) is 5.44. The van der Waals surface area contributed by atoms with Crippen molar-refractivity contribution in [2.75, 3.05) is 39.0 Å². The van der Waals surface area contributed by atoms with E-state index in [-0.39, 0.29) is 0 Å². The van der Waals surface area contributed by atoms with Gasteiger partial charge in [0.2, 0.25) is 0 Å². The molecule has 0 spiro atoms. The van der Waals surface area contributed by atoms with Crippen molar-refractivity contribution in [1.82, 2.24) is 24.3 Å². The van der Waals surface area contributed by atoms with E-state index in [0.29, 0.717) is 35.2 Å². The number of likely N-dealkylation sites (N-methyl/N-ethyl adjacent to an activating group) is 1. The Hall–Kier alpha value is -2.13. The molecule has 3 aliphatic rings. The fourth-order valence-corrected chi connectivity index (χ4v) is 5.61. The summed E-state index contributed by atoms with van der Waals surface area (Å²) < 4.78 is 42.0. The Labute approximate surface area is 180 Å². The monoisotopic (exact) mass is 434 g/mol. The molecule has 3 heterocycles. The van der Waals surface area contributed by atoms with E-state index in [9.17, 15) is 13.2 Å². The molecule has 9 heteroatoms. The fourth-order valence-electron chi connectivity index (χ4n) is 5.61. The molecule has 5 rings (SSSR count). The topological polar surface area (TPSA) is 63.2 Å². The second-order valence-electron chi connectivity index (χ2n) is 9.24. The number of nitrogens with two attached hydrogens (primary N) is 1. The third-order valence-electron chi connectivity index (χ3n) is 7.40. The van der Waals surface area contributed by atoms with Crippen LogP contribution in [-0.2, 0) is 12.6 Å². The predicted octanol–water partition coefficient (Wildman–Crippen LogP) is 3.31. The minimum atomic E-state index is -4.53. The number of alkyl halides is 3. The standard InChI is InChI=1S/C22H29F3N6/c1-3-19-28-18(13-8-17(22(23,24)25)21(26)27-11-13)12-31(19)20-15-9-14(10-16(15)20)30-6-4-29(2)5-7-30/h8,11-12,14-16,20H,3-7,9-10H2,1-2H3,(H2,26,27)/t14?,15-,16+,20?. The fraction of sp³-hybridized carbons (Fsp3) is 0.636. The average molecular weight is 435 g/mol. The molecule has 0 amide bonds. The van der Waals surface area contributed by atoms with Crippen molar-refractivity contribution < 1.29 is 13.2 Å². The molecule has 1 saturated heterocycles. The van der Waals surface area contributed by atoms with Crippen molar-refractivity contribution in [1.29, 1.82) is 0 Å². The molecular formula is C22H29F3N6. The lowest BCUT2D eigenvalue weighted by Crippen LogP contribution is -2.48. The number of anilines is 1. The maximum Gasteiger partial charge on any atom is 0.419 e. The maximum absolute atomic E-state index is 13.2. The highest BCUT2D eigenvalue weighted by Crippen LogP contribution is 2.62. The number of hydrogen-bond donors (Lipinski definition) is 1. The molecule has 2 aliphatic carbocycles. The number of pyridine rings is 1. The second-order valence-corrected chi connectivity index (χ2v) is 9.24. The summed E-state index contributed by atoms with van der Waals surface area (Å²) in [5.74, 6) is 1.72. The molecule has 31 heavy (non-hydrogen) atoms. The number of hydrogen-bond acceptors (Lipinski definition) is 5. The van der Waals surface area contributed by atoms with E-state index in [2.05, 4.69) is 31.4 Å². The molecular weight excluding hydrogens is 405 g/mol. The Morgan fingerprint density at radius 3 is 2.42 bits per heavy atom. The molecule has 0 radical (unpaired) electrons. The van der Waals surface area contributed by atoms with Gasteiger partial charge in [-0.25, -0.2) is 9.97 Å². The summed E-state index contributed by atoms with van der Waals surface area (Å²) in [6, 6.07) is 2.15. The third kappa shape index (κ3) is 3.71. The average Bonchev–Trinajstić information content (AvgIpc) is 3.07. The Morgan fingerprint density at radius 1 is 1.13 bits per heavy atom. The van der Waals surface area contributed by atoms with E-state index in [4.69, 9.17) is 5.73 Å². The normalized spacial score (nSPS) is 29.3. The van der Waals surface area contributed by atoms with Crippen LogP contribution in [0.5, 0.6) is 0 Å². The molecule has 0 bridgehead atoms. The van der Waals surface area contributed by atoms with Gasteiger partial charge < -0.3 is 15.2 Å². The Morgan fingerprint density at radius 2 is 1.81 bits per heavy atom. The van der Waals surface area contributed by atoms with Crippen LogP contribution in [0.25, 0.3) is 11.3 Å². The molecule has 2 aromatic heterocycles. The van der Waals surface area contributed by atoms with Crippen molar-refractivity contribution in [2.24, 2.45) is 11.8 Å². The first-order valence-corrected chi connectivity index (χ1v) is 11.1. The number of nitrogen functional groups attached to an aromatic ring is 1. The number of aromatic nitrogens is 3. The van der Waals surface area contributed by atoms with Crippen LogP contribution in [0.1, 0.15) is 37.2 Å². The van der Waals surface area contributed by atoms with E-state index in [1.54, 1.807) is 0 Å². The molecule has 4 atom stereocenters. The molecule has 2 unspecified atom stereocenters. The van der Waals surface area contributed by atoms with Crippen LogP contribution in [0.3, 0.4) is 0 Å². The molecule has 1 aliphatic heterocycles. The first-order chi connectivity index (χ1) is 14.8. The number of aryl methyl sites for hydroxylation is 1. The highest BCUT2D eigenvalue weighted by atomic mass is 19.4. The van der Waals surface area contributed by atoms with E-state index in [1.165, 1.54) is 19.0 Å². The van der Waals surface area contributed by atoms with E-state index in [0.717, 1.165) is 44.5 Å². The van der Waals surface area contributed by atoms with Crippen molar-refractivity contribution in [2.45, 2.75) is 44.4 Å². The van der Waals surface area contributed by atoms with Gasteiger partial charge in [-0.2, -0.15) is 13.2 Å². The Kier molecular flexibility index (Phi) is 5.01. The summed E-state index contributed by atoms with van der Waals surface area (Å²) in [5, 5.41) is 0. The van der Waals surface area contributed by atoms with Crippen molar-refractivity contribution >= 4 is 5.82 Å². The van der Waals surface area contributed by atoms with Gasteiger partial charge in [-0.3, -0.25) is 4.90 Å². The van der Waals surface area contributed by atoms with Gasteiger partial charge in [0.15, 0.2) is 0 Å². The second kappa shape index (κ2) is 7.48. The lowest BCUT2D eigenvalue weighted by molar-refractivity contribution is -0.137. The lowest BCUT2D eigenvalue weighted by atomic mass is 10.1. The predicted molar refractivity (Wildman–Crippen MR) is 112 cm³/mol. The van der Waals surface area contributed by atoms with E-state index < -0.39 is 17.6 Å². The zero-order chi connectivity index (χ0) is 21.9. The number of fused-ring (bicyclic) bond motifs is 1. The Balaban J connectivity index is 1.33. The molecule has 3 fully saturated rings. The SMILES string of the molecule is CCc1nc(-c2cnc(N)c(C(F)(F)F)c2)cn1C1[C@H]2CC(N3CCN(C)CC3)C[C@@H]12. The number of piperazine rings is 1. The van der Waals surface area contributed by atoms with Gasteiger partial charge in [0.05, 0.1) is 11.3 Å². The third-order valence-corrected chi connectivity index (χ3v) is 7.40. The van der Waals surface area contributed by atoms with Crippen LogP contribution in [0.15, 0.2) is 18.5 Å². The van der Waals surface area contributed by atoms with Crippen molar-refractivity contribution in [3.8, 4) is 11.3 Å². The number of nitrogens with zero attached hydrogens (tertiary/aromatic N) is 5. The Bertz CT molecular complexity index is 951. The van der Waals surface area contributed by atoms with Gasteiger partial charge in [-0.1, -0.05) is 6.92 Å². The van der Waals surface area contributed by atoms with Gasteiger partial charge in [0, 0.05) is 62.6 Å². The van der Waals surface area contributed by atoms with Crippen molar-refractivity contribution in [3.05, 3.63) is 29.8 Å². The zero-order valence-electron chi connectivity index (χ0n) is 17.9. The van der Waals surface area contributed by atoms with Crippen LogP contribution >= 0.6 is 0 Å². The first-order valence-electron chi connectivity index (χ1n) is 11.1. The van der Waals surface area contributed by atoms with Crippen molar-refractivity contribution in [3.63, 3.8) is 0 Å². The van der Waals surface area contributed by atoms with Gasteiger partial charge in [-0.15, -0.1) is 0 Å². The summed E-state index contributed by atoms with van der Waals surface area (Å²) in [7, 11) is 2.18. The summed E-state index contributed by atoms with van der Waals surface area (Å²) in [4.78, 5) is 13.4. The summed E-state index contributed by atoms with van der Waals surface area (Å²) >= 11 is 0. The van der Waals surface area contributed by atoms with Gasteiger partial charge in [0.25, 0.3) is 0 Å². The van der Waals surface area contributed by atoms with Crippen LogP contribution in [0.4, 0.5) is 19.0 Å². The molecule has 6 nitrogen and oxygen atoms in total. The molecule has 0 aromatic carbocycles.